The number of aryl methyl sites for hydroxylation is 1. The van der Waals surface area contributed by atoms with Crippen LogP contribution in [0.1, 0.15) is 19.4 Å². The molecular weight excluding hydrogens is 266 g/mol. The normalized spacial score (nSPS) is 10.5. The van der Waals surface area contributed by atoms with Crippen molar-refractivity contribution in [3.63, 3.8) is 0 Å². The third-order valence-corrected chi connectivity index (χ3v) is 3.27. The molecule has 0 saturated carbocycles. The summed E-state index contributed by atoms with van der Waals surface area (Å²) in [4.78, 5) is 27.4. The second-order valence-corrected chi connectivity index (χ2v) is 5.15. The Balaban J connectivity index is 2.43. The monoisotopic (exact) mass is 291 g/mol. The fourth-order valence-electron chi connectivity index (χ4n) is 2.05. The van der Waals surface area contributed by atoms with Crippen molar-refractivity contribution in [1.29, 1.82) is 0 Å². The summed E-state index contributed by atoms with van der Waals surface area (Å²) in [6, 6.07) is 7.63. The quantitative estimate of drug-likeness (QED) is 0.832. The fraction of sp³-hybridized carbons (Fsp3) is 0.500. The first-order valence-corrected chi connectivity index (χ1v) is 7.29. The van der Waals surface area contributed by atoms with Gasteiger partial charge in [-0.15, -0.1) is 0 Å². The Labute approximate surface area is 126 Å². The Kier molecular flexibility index (Phi) is 6.88. The van der Waals surface area contributed by atoms with Gasteiger partial charge in [-0.25, -0.2) is 0 Å². The lowest BCUT2D eigenvalue weighted by atomic mass is 10.2. The summed E-state index contributed by atoms with van der Waals surface area (Å²) >= 11 is 0. The van der Waals surface area contributed by atoms with Gasteiger partial charge >= 0.3 is 0 Å². The standard InChI is InChI=1S/C16H25N3O2/c1-5-19(6-2)16(21)12-18(4)11-15(20)17-14-9-7-13(3)8-10-14/h7-10H,5-6,11-12H2,1-4H3,(H,17,20). The van der Waals surface area contributed by atoms with Crippen LogP contribution in [0.5, 0.6) is 0 Å². The van der Waals surface area contributed by atoms with E-state index in [2.05, 4.69) is 5.32 Å². The van der Waals surface area contributed by atoms with E-state index in [9.17, 15) is 9.59 Å². The third-order valence-electron chi connectivity index (χ3n) is 3.27. The van der Waals surface area contributed by atoms with Crippen LogP contribution < -0.4 is 5.32 Å². The van der Waals surface area contributed by atoms with Crippen molar-refractivity contribution in [2.75, 3.05) is 38.5 Å². The molecule has 0 aromatic heterocycles. The minimum absolute atomic E-state index is 0.0469. The molecular formula is C16H25N3O2. The van der Waals surface area contributed by atoms with Gasteiger partial charge in [0.15, 0.2) is 0 Å². The zero-order valence-electron chi connectivity index (χ0n) is 13.3. The molecule has 1 aromatic carbocycles. The first-order chi connectivity index (χ1) is 9.96. The van der Waals surface area contributed by atoms with Crippen LogP contribution in [0, 0.1) is 6.92 Å². The first-order valence-electron chi connectivity index (χ1n) is 7.29. The van der Waals surface area contributed by atoms with E-state index in [0.29, 0.717) is 13.1 Å². The number of nitrogens with one attached hydrogen (secondary N) is 1. The molecule has 0 aliphatic heterocycles. The molecule has 1 N–H and O–H groups in total. The van der Waals surface area contributed by atoms with E-state index in [0.717, 1.165) is 11.3 Å². The molecule has 0 unspecified atom stereocenters. The van der Waals surface area contributed by atoms with E-state index < -0.39 is 0 Å². The SMILES string of the molecule is CCN(CC)C(=O)CN(C)CC(=O)Nc1ccc(C)cc1. The fourth-order valence-corrected chi connectivity index (χ4v) is 2.05. The van der Waals surface area contributed by atoms with E-state index >= 15 is 0 Å². The largest absolute Gasteiger partial charge is 0.342 e. The molecule has 5 nitrogen and oxygen atoms in total. The van der Waals surface area contributed by atoms with Gasteiger partial charge in [0.1, 0.15) is 0 Å². The molecule has 1 aromatic rings. The molecule has 0 aliphatic carbocycles. The topological polar surface area (TPSA) is 52.7 Å². The molecule has 0 bridgehead atoms. The molecule has 0 fully saturated rings. The van der Waals surface area contributed by atoms with Crippen molar-refractivity contribution in [1.82, 2.24) is 9.80 Å². The molecule has 0 saturated heterocycles. The van der Waals surface area contributed by atoms with Gasteiger partial charge in [-0.2, -0.15) is 0 Å². The molecule has 5 heteroatoms. The van der Waals surface area contributed by atoms with E-state index in [4.69, 9.17) is 0 Å². The number of amides is 2. The number of carbonyl (C=O) groups is 2. The second-order valence-electron chi connectivity index (χ2n) is 5.15. The van der Waals surface area contributed by atoms with E-state index in [1.807, 2.05) is 45.0 Å². The lowest BCUT2D eigenvalue weighted by molar-refractivity contribution is -0.132. The van der Waals surface area contributed by atoms with Crippen molar-refractivity contribution in [2.45, 2.75) is 20.8 Å². The molecule has 0 atom stereocenters. The van der Waals surface area contributed by atoms with E-state index in [1.54, 1.807) is 16.8 Å². The number of hydrogen-bond acceptors (Lipinski definition) is 3. The van der Waals surface area contributed by atoms with Gasteiger partial charge < -0.3 is 10.2 Å². The summed E-state index contributed by atoms with van der Waals surface area (Å²) in [7, 11) is 1.77. The highest BCUT2D eigenvalue weighted by Gasteiger charge is 2.14. The lowest BCUT2D eigenvalue weighted by Crippen LogP contribution is -2.41. The van der Waals surface area contributed by atoms with Gasteiger partial charge in [-0.1, -0.05) is 17.7 Å². The number of likely N-dealkylation sites (N-methyl/N-ethyl adjacent to an activating group) is 2. The van der Waals surface area contributed by atoms with Crippen LogP contribution in [0.2, 0.25) is 0 Å². The lowest BCUT2D eigenvalue weighted by Gasteiger charge is -2.22. The van der Waals surface area contributed by atoms with Gasteiger partial charge in [-0.3, -0.25) is 14.5 Å². The molecule has 0 aliphatic rings. The van der Waals surface area contributed by atoms with Crippen LogP contribution in [-0.4, -0.2) is 54.8 Å². The average molecular weight is 291 g/mol. The predicted octanol–water partition coefficient (Wildman–Crippen LogP) is 1.73. The number of benzene rings is 1. The van der Waals surface area contributed by atoms with Gasteiger partial charge in [0.05, 0.1) is 13.1 Å². The highest BCUT2D eigenvalue weighted by atomic mass is 16.2. The number of hydrogen-bond donors (Lipinski definition) is 1. The van der Waals surface area contributed by atoms with Crippen molar-refractivity contribution in [3.8, 4) is 0 Å². The van der Waals surface area contributed by atoms with Crippen molar-refractivity contribution < 1.29 is 9.59 Å². The molecule has 116 valence electrons. The second kappa shape index (κ2) is 8.42. The van der Waals surface area contributed by atoms with Crippen LogP contribution in [0.3, 0.4) is 0 Å². The first kappa shape index (κ1) is 17.2. The maximum atomic E-state index is 11.9. The maximum Gasteiger partial charge on any atom is 0.238 e. The number of carbonyl (C=O) groups excluding carboxylic acids is 2. The van der Waals surface area contributed by atoms with Crippen LogP contribution in [0.25, 0.3) is 0 Å². The molecule has 1 rings (SSSR count). The van der Waals surface area contributed by atoms with E-state index in [1.165, 1.54) is 0 Å². The smallest absolute Gasteiger partial charge is 0.238 e. The molecule has 21 heavy (non-hydrogen) atoms. The summed E-state index contributed by atoms with van der Waals surface area (Å²) in [5.74, 6) is -0.0701. The van der Waals surface area contributed by atoms with Crippen molar-refractivity contribution in [3.05, 3.63) is 29.8 Å². The van der Waals surface area contributed by atoms with Crippen molar-refractivity contribution >= 4 is 17.5 Å². The predicted molar refractivity (Wildman–Crippen MR) is 85.2 cm³/mol. The summed E-state index contributed by atoms with van der Waals surface area (Å²) in [5.41, 5.74) is 1.92. The number of rotatable bonds is 7. The molecule has 0 radical (unpaired) electrons. The molecule has 0 spiro atoms. The Bertz CT molecular complexity index is 467. The van der Waals surface area contributed by atoms with Gasteiger partial charge in [0, 0.05) is 18.8 Å². The van der Waals surface area contributed by atoms with Gasteiger partial charge in [0.2, 0.25) is 11.8 Å². The van der Waals surface area contributed by atoms with Gasteiger partial charge in [0.25, 0.3) is 0 Å². The van der Waals surface area contributed by atoms with Crippen LogP contribution in [0.4, 0.5) is 5.69 Å². The summed E-state index contributed by atoms with van der Waals surface area (Å²) < 4.78 is 0. The highest BCUT2D eigenvalue weighted by molar-refractivity contribution is 5.92. The summed E-state index contributed by atoms with van der Waals surface area (Å²) in [6.45, 7) is 7.73. The van der Waals surface area contributed by atoms with Gasteiger partial charge in [-0.05, 0) is 40.0 Å². The van der Waals surface area contributed by atoms with Crippen LogP contribution in [-0.2, 0) is 9.59 Å². The van der Waals surface area contributed by atoms with Crippen molar-refractivity contribution in [2.24, 2.45) is 0 Å². The Morgan fingerprint density at radius 2 is 1.62 bits per heavy atom. The Hall–Kier alpha value is -1.88. The molecule has 2 amide bonds. The highest BCUT2D eigenvalue weighted by Crippen LogP contribution is 2.08. The van der Waals surface area contributed by atoms with Crippen LogP contribution >= 0.6 is 0 Å². The summed E-state index contributed by atoms with van der Waals surface area (Å²) in [6.07, 6.45) is 0. The Morgan fingerprint density at radius 3 is 2.14 bits per heavy atom. The maximum absolute atomic E-state index is 11.9. The van der Waals surface area contributed by atoms with E-state index in [-0.39, 0.29) is 24.9 Å². The average Bonchev–Trinajstić information content (AvgIpc) is 2.42. The number of anilines is 1. The zero-order chi connectivity index (χ0) is 15.8. The minimum Gasteiger partial charge on any atom is -0.342 e. The molecule has 0 heterocycles. The minimum atomic E-state index is -0.117. The third kappa shape index (κ3) is 5.95. The summed E-state index contributed by atoms with van der Waals surface area (Å²) in [5, 5.41) is 2.82. The zero-order valence-corrected chi connectivity index (χ0v) is 13.3. The van der Waals surface area contributed by atoms with Crippen LogP contribution in [0.15, 0.2) is 24.3 Å². The number of nitrogens with zero attached hydrogens (tertiary/aromatic N) is 2. The Morgan fingerprint density at radius 1 is 1.05 bits per heavy atom.